The first kappa shape index (κ1) is 23.6. The van der Waals surface area contributed by atoms with E-state index >= 15 is 0 Å². The van der Waals surface area contributed by atoms with E-state index in [1.54, 1.807) is 60.7 Å². The lowest BCUT2D eigenvalue weighted by molar-refractivity contribution is 0.102. The molecular weight excluding hydrogens is 456 g/mol. The van der Waals surface area contributed by atoms with E-state index < -0.39 is 10.0 Å². The molecule has 0 unspecified atom stereocenters. The van der Waals surface area contributed by atoms with Crippen LogP contribution in [0.15, 0.2) is 65.6 Å². The molecule has 0 saturated carbocycles. The fraction of sp³-hybridized carbons (Fsp3) is 0.240. The van der Waals surface area contributed by atoms with Gasteiger partial charge < -0.3 is 19.5 Å². The minimum absolute atomic E-state index is 0.0323. The van der Waals surface area contributed by atoms with Crippen LogP contribution in [0.25, 0.3) is 0 Å². The quantitative estimate of drug-likeness (QED) is 0.550. The van der Waals surface area contributed by atoms with Crippen molar-refractivity contribution in [2.24, 2.45) is 0 Å². The van der Waals surface area contributed by atoms with Crippen LogP contribution in [0.5, 0.6) is 17.2 Å². The van der Waals surface area contributed by atoms with E-state index in [0.29, 0.717) is 47.3 Å². The average Bonchev–Trinajstić information content (AvgIpc) is 2.84. The number of ether oxygens (including phenoxy) is 3. The highest BCUT2D eigenvalue weighted by Gasteiger charge is 2.23. The molecule has 34 heavy (non-hydrogen) atoms. The smallest absolute Gasteiger partial charge is 0.255 e. The van der Waals surface area contributed by atoms with Crippen LogP contribution in [0.2, 0.25) is 0 Å². The van der Waals surface area contributed by atoms with E-state index in [1.807, 2.05) is 6.92 Å². The highest BCUT2D eigenvalue weighted by molar-refractivity contribution is 7.89. The molecule has 1 amide bonds. The molecule has 0 radical (unpaired) electrons. The summed E-state index contributed by atoms with van der Waals surface area (Å²) in [5, 5.41) is 2.84. The number of hydrogen-bond donors (Lipinski definition) is 1. The summed E-state index contributed by atoms with van der Waals surface area (Å²) in [7, 11) is -0.719. The summed E-state index contributed by atoms with van der Waals surface area (Å²) in [5.41, 5.74) is 2.47. The number of nitrogens with one attached hydrogen (secondary N) is 1. The summed E-state index contributed by atoms with van der Waals surface area (Å²) in [6, 6.07) is 16.8. The lowest BCUT2D eigenvalue weighted by Crippen LogP contribution is -2.27. The number of fused-ring (bicyclic) bond motifs is 1. The number of amides is 1. The number of benzene rings is 3. The topological polar surface area (TPSA) is 94.2 Å². The van der Waals surface area contributed by atoms with Crippen LogP contribution in [0.1, 0.15) is 21.5 Å². The predicted octanol–water partition coefficient (Wildman–Crippen LogP) is 3.85. The predicted molar refractivity (Wildman–Crippen MR) is 128 cm³/mol. The van der Waals surface area contributed by atoms with Gasteiger partial charge in [-0.05, 0) is 49.4 Å². The van der Waals surface area contributed by atoms with Crippen molar-refractivity contribution >= 4 is 21.6 Å². The van der Waals surface area contributed by atoms with Gasteiger partial charge in [0.1, 0.15) is 19.0 Å². The van der Waals surface area contributed by atoms with Crippen molar-refractivity contribution in [1.29, 1.82) is 0 Å². The first-order valence-corrected chi connectivity index (χ1v) is 12.1. The number of nitrogens with zero attached hydrogens (tertiary/aromatic N) is 1. The second kappa shape index (κ2) is 9.74. The molecule has 0 aliphatic carbocycles. The Labute approximate surface area is 199 Å². The van der Waals surface area contributed by atoms with Crippen molar-refractivity contribution < 1.29 is 27.4 Å². The summed E-state index contributed by atoms with van der Waals surface area (Å²) in [6.45, 7) is 2.86. The Morgan fingerprint density at radius 1 is 1.00 bits per heavy atom. The molecule has 0 fully saturated rings. The monoisotopic (exact) mass is 482 g/mol. The van der Waals surface area contributed by atoms with Gasteiger partial charge in [-0.1, -0.05) is 17.7 Å². The third-order valence-corrected chi connectivity index (χ3v) is 7.28. The Kier molecular flexibility index (Phi) is 6.76. The zero-order valence-corrected chi connectivity index (χ0v) is 20.0. The maximum atomic E-state index is 13.0. The van der Waals surface area contributed by atoms with Crippen LogP contribution in [-0.4, -0.2) is 46.0 Å². The molecule has 4 rings (SSSR count). The van der Waals surface area contributed by atoms with Gasteiger partial charge in [0, 0.05) is 36.5 Å². The molecule has 0 bridgehead atoms. The zero-order valence-electron chi connectivity index (χ0n) is 19.2. The largest absolute Gasteiger partial charge is 0.496 e. The molecule has 1 N–H and O–H groups in total. The summed E-state index contributed by atoms with van der Waals surface area (Å²) >= 11 is 0. The van der Waals surface area contributed by atoms with Gasteiger partial charge in [-0.15, -0.1) is 0 Å². The molecule has 178 valence electrons. The van der Waals surface area contributed by atoms with Crippen molar-refractivity contribution in [3.63, 3.8) is 0 Å². The zero-order chi connectivity index (χ0) is 24.3. The van der Waals surface area contributed by atoms with E-state index in [2.05, 4.69) is 5.32 Å². The highest BCUT2D eigenvalue weighted by Crippen LogP contribution is 2.33. The van der Waals surface area contributed by atoms with Crippen molar-refractivity contribution in [3.8, 4) is 17.2 Å². The molecule has 0 atom stereocenters. The van der Waals surface area contributed by atoms with Crippen LogP contribution >= 0.6 is 0 Å². The number of anilines is 1. The van der Waals surface area contributed by atoms with Gasteiger partial charge in [-0.25, -0.2) is 8.42 Å². The molecule has 8 nitrogen and oxygen atoms in total. The van der Waals surface area contributed by atoms with Crippen LogP contribution in [0.4, 0.5) is 5.69 Å². The van der Waals surface area contributed by atoms with E-state index in [1.165, 1.54) is 18.5 Å². The van der Waals surface area contributed by atoms with Gasteiger partial charge >= 0.3 is 0 Å². The maximum Gasteiger partial charge on any atom is 0.255 e. The van der Waals surface area contributed by atoms with E-state index in [0.717, 1.165) is 5.56 Å². The molecule has 0 aromatic heterocycles. The van der Waals surface area contributed by atoms with E-state index in [-0.39, 0.29) is 17.3 Å². The first-order valence-electron chi connectivity index (χ1n) is 10.7. The second-order valence-electron chi connectivity index (χ2n) is 7.91. The third kappa shape index (κ3) is 5.00. The average molecular weight is 483 g/mol. The highest BCUT2D eigenvalue weighted by atomic mass is 32.2. The van der Waals surface area contributed by atoms with Crippen LogP contribution < -0.4 is 19.5 Å². The van der Waals surface area contributed by atoms with Gasteiger partial charge in [0.05, 0.1) is 12.0 Å². The molecule has 3 aromatic carbocycles. The fourth-order valence-electron chi connectivity index (χ4n) is 3.58. The summed E-state index contributed by atoms with van der Waals surface area (Å²) < 4.78 is 43.7. The number of methoxy groups -OCH3 is 1. The number of carbonyl (C=O) groups is 1. The van der Waals surface area contributed by atoms with Crippen LogP contribution in [-0.2, 0) is 16.6 Å². The summed E-state index contributed by atoms with van der Waals surface area (Å²) in [6.07, 6.45) is 0. The lowest BCUT2D eigenvalue weighted by atomic mass is 10.1. The number of aryl methyl sites for hydroxylation is 1. The number of rotatable bonds is 7. The van der Waals surface area contributed by atoms with E-state index in [4.69, 9.17) is 14.2 Å². The molecule has 1 heterocycles. The molecule has 9 heteroatoms. The van der Waals surface area contributed by atoms with Crippen molar-refractivity contribution in [3.05, 3.63) is 77.4 Å². The standard InChI is InChI=1S/C25H26N2O6S/c1-17-4-8-21(9-5-17)34(29,30)27(2)16-19-14-18(6-10-22(19)31-3)25(28)26-20-7-11-23-24(15-20)33-13-12-32-23/h4-11,14-15H,12-13,16H2,1-3H3,(H,26,28). The Morgan fingerprint density at radius 3 is 2.41 bits per heavy atom. The van der Waals surface area contributed by atoms with Crippen LogP contribution in [0, 0.1) is 6.92 Å². The molecule has 0 saturated heterocycles. The number of carbonyl (C=O) groups excluding carboxylic acids is 1. The number of sulfonamides is 1. The second-order valence-corrected chi connectivity index (χ2v) is 9.96. The number of hydrogen-bond acceptors (Lipinski definition) is 6. The maximum absolute atomic E-state index is 13.0. The molecule has 1 aliphatic rings. The molecular formula is C25H26N2O6S. The Balaban J connectivity index is 1.54. The van der Waals surface area contributed by atoms with Gasteiger partial charge in [0.25, 0.3) is 5.91 Å². The molecule has 3 aromatic rings. The van der Waals surface area contributed by atoms with Gasteiger partial charge in [0.2, 0.25) is 10.0 Å². The van der Waals surface area contributed by atoms with Crippen LogP contribution in [0.3, 0.4) is 0 Å². The van der Waals surface area contributed by atoms with Crippen molar-refractivity contribution in [1.82, 2.24) is 4.31 Å². The minimum Gasteiger partial charge on any atom is -0.496 e. The van der Waals surface area contributed by atoms with Gasteiger partial charge in [-0.2, -0.15) is 4.31 Å². The Bertz CT molecular complexity index is 1310. The summed E-state index contributed by atoms with van der Waals surface area (Å²) in [4.78, 5) is 13.1. The van der Waals surface area contributed by atoms with E-state index in [9.17, 15) is 13.2 Å². The Morgan fingerprint density at radius 2 is 1.71 bits per heavy atom. The fourth-order valence-corrected chi connectivity index (χ4v) is 4.73. The van der Waals surface area contributed by atoms with Crippen molar-refractivity contribution in [2.75, 3.05) is 32.7 Å². The third-order valence-electron chi connectivity index (χ3n) is 5.46. The summed E-state index contributed by atoms with van der Waals surface area (Å²) in [5.74, 6) is 1.35. The molecule has 1 aliphatic heterocycles. The van der Waals surface area contributed by atoms with Crippen molar-refractivity contribution in [2.45, 2.75) is 18.4 Å². The van der Waals surface area contributed by atoms with Gasteiger partial charge in [-0.3, -0.25) is 4.79 Å². The molecule has 0 spiro atoms. The Hall–Kier alpha value is -3.56. The SMILES string of the molecule is COc1ccc(C(=O)Nc2ccc3c(c2)OCCO3)cc1CN(C)S(=O)(=O)c1ccc(C)cc1. The minimum atomic E-state index is -3.72. The normalized spacial score (nSPS) is 12.9. The van der Waals surface area contributed by atoms with Gasteiger partial charge in [0.15, 0.2) is 11.5 Å². The first-order chi connectivity index (χ1) is 16.3. The lowest BCUT2D eigenvalue weighted by Gasteiger charge is -2.20.